The Morgan fingerprint density at radius 1 is 0.920 bits per heavy atom. The van der Waals surface area contributed by atoms with Crippen LogP contribution in [0.3, 0.4) is 0 Å². The van der Waals surface area contributed by atoms with Crippen molar-refractivity contribution in [1.82, 2.24) is 0 Å². The second-order valence-corrected chi connectivity index (χ2v) is 7.14. The quantitative estimate of drug-likeness (QED) is 0.600. The monoisotopic (exact) mass is 348 g/mol. The third-order valence-corrected chi connectivity index (χ3v) is 4.64. The van der Waals surface area contributed by atoms with Gasteiger partial charge in [0.1, 0.15) is 13.2 Å². The van der Waals surface area contributed by atoms with Gasteiger partial charge >= 0.3 is 19.1 Å². The molecule has 1 saturated heterocycles. The van der Waals surface area contributed by atoms with E-state index in [0.29, 0.717) is 0 Å². The Morgan fingerprint density at radius 3 is 1.68 bits per heavy atom. The lowest BCUT2D eigenvalue weighted by molar-refractivity contribution is -0.142. The molecule has 0 aromatic heterocycles. The van der Waals surface area contributed by atoms with E-state index < -0.39 is 18.3 Å². The molecule has 1 aliphatic rings. The van der Waals surface area contributed by atoms with Gasteiger partial charge in [-0.25, -0.2) is 0 Å². The van der Waals surface area contributed by atoms with Crippen molar-refractivity contribution in [3.8, 4) is 0 Å². The van der Waals surface area contributed by atoms with Crippen LogP contribution in [0.1, 0.15) is 52.7 Å². The fraction of sp³-hybridized carbons (Fsp3) is 0.556. The summed E-state index contributed by atoms with van der Waals surface area (Å²) in [7, 11) is -0.637. The van der Waals surface area contributed by atoms with Crippen LogP contribution < -0.4 is 5.46 Å². The molecule has 0 saturated carbocycles. The summed E-state index contributed by atoms with van der Waals surface area (Å²) in [5.74, 6) is -0.740. The molecule has 1 heterocycles. The summed E-state index contributed by atoms with van der Waals surface area (Å²) >= 11 is 0. The van der Waals surface area contributed by atoms with Crippen molar-refractivity contribution in [3.63, 3.8) is 0 Å². The first-order valence-electron chi connectivity index (χ1n) is 8.26. The first kappa shape index (κ1) is 19.5. The largest absolute Gasteiger partial charge is 0.495 e. The Balaban J connectivity index is 2.40. The SMILES string of the molecule is CC(=O)OCc1cccc(COC(C)=O)c1B1OC(C)(C)C(C)(C)O1. The molecular weight excluding hydrogens is 323 g/mol. The molecular formula is C18H25BO6. The predicted molar refractivity (Wildman–Crippen MR) is 93.1 cm³/mol. The van der Waals surface area contributed by atoms with Crippen molar-refractivity contribution >= 4 is 24.5 Å². The molecule has 0 aliphatic carbocycles. The maximum atomic E-state index is 11.2. The van der Waals surface area contributed by atoms with E-state index in [4.69, 9.17) is 18.8 Å². The van der Waals surface area contributed by atoms with Crippen LogP contribution in [-0.4, -0.2) is 30.3 Å². The fourth-order valence-corrected chi connectivity index (χ4v) is 2.54. The van der Waals surface area contributed by atoms with E-state index in [2.05, 4.69) is 0 Å². The lowest BCUT2D eigenvalue weighted by Crippen LogP contribution is -2.41. The van der Waals surface area contributed by atoms with Crippen LogP contribution in [0.4, 0.5) is 0 Å². The molecule has 0 atom stereocenters. The highest BCUT2D eigenvalue weighted by Crippen LogP contribution is 2.37. The summed E-state index contributed by atoms with van der Waals surface area (Å²) in [5.41, 5.74) is 1.25. The van der Waals surface area contributed by atoms with E-state index in [-0.39, 0.29) is 25.2 Å². The summed E-state index contributed by atoms with van der Waals surface area (Å²) in [5, 5.41) is 0. The summed E-state index contributed by atoms with van der Waals surface area (Å²) in [4.78, 5) is 22.4. The van der Waals surface area contributed by atoms with E-state index in [1.54, 1.807) is 0 Å². The number of hydrogen-bond donors (Lipinski definition) is 0. The maximum absolute atomic E-state index is 11.2. The molecule has 1 aliphatic heterocycles. The average molecular weight is 348 g/mol. The first-order valence-corrected chi connectivity index (χ1v) is 8.26. The Kier molecular flexibility index (Phi) is 5.59. The van der Waals surface area contributed by atoms with Crippen LogP contribution in [0.15, 0.2) is 18.2 Å². The molecule has 0 radical (unpaired) electrons. The van der Waals surface area contributed by atoms with Gasteiger partial charge in [0.25, 0.3) is 0 Å². The third-order valence-electron chi connectivity index (χ3n) is 4.64. The molecule has 0 spiro atoms. The lowest BCUT2D eigenvalue weighted by Gasteiger charge is -2.32. The van der Waals surface area contributed by atoms with Crippen LogP contribution in [0.25, 0.3) is 0 Å². The molecule has 1 aromatic rings. The topological polar surface area (TPSA) is 71.1 Å². The highest BCUT2D eigenvalue weighted by atomic mass is 16.7. The zero-order valence-electron chi connectivity index (χ0n) is 15.7. The number of benzene rings is 1. The summed E-state index contributed by atoms with van der Waals surface area (Å²) in [6.07, 6.45) is 0. The molecule has 1 fully saturated rings. The summed E-state index contributed by atoms with van der Waals surface area (Å²) in [6.45, 7) is 10.8. The van der Waals surface area contributed by atoms with Crippen LogP contribution in [0.5, 0.6) is 0 Å². The fourth-order valence-electron chi connectivity index (χ4n) is 2.54. The van der Waals surface area contributed by atoms with Gasteiger partial charge in [-0.3, -0.25) is 9.59 Å². The van der Waals surface area contributed by atoms with Gasteiger partial charge in [0.15, 0.2) is 0 Å². The van der Waals surface area contributed by atoms with Crippen molar-refractivity contribution in [2.24, 2.45) is 0 Å². The highest BCUT2D eigenvalue weighted by molar-refractivity contribution is 6.63. The highest BCUT2D eigenvalue weighted by Gasteiger charge is 2.52. The van der Waals surface area contributed by atoms with Crippen LogP contribution in [0, 0.1) is 0 Å². The Labute approximate surface area is 148 Å². The van der Waals surface area contributed by atoms with Crippen molar-refractivity contribution in [2.45, 2.75) is 66.0 Å². The molecule has 0 bridgehead atoms. The second-order valence-electron chi connectivity index (χ2n) is 7.14. The lowest BCUT2D eigenvalue weighted by atomic mass is 9.73. The van der Waals surface area contributed by atoms with Crippen molar-refractivity contribution < 1.29 is 28.4 Å². The van der Waals surface area contributed by atoms with Crippen molar-refractivity contribution in [2.75, 3.05) is 0 Å². The summed E-state index contributed by atoms with van der Waals surface area (Å²) < 4.78 is 22.6. The Hall–Kier alpha value is -1.86. The van der Waals surface area contributed by atoms with E-state index in [1.165, 1.54) is 13.8 Å². The molecule has 25 heavy (non-hydrogen) atoms. The molecule has 7 heteroatoms. The number of esters is 2. The number of carbonyl (C=O) groups is 2. The minimum absolute atomic E-state index is 0.0999. The molecule has 2 rings (SSSR count). The number of ether oxygens (including phenoxy) is 2. The number of carbonyl (C=O) groups excluding carboxylic acids is 2. The first-order chi connectivity index (χ1) is 11.5. The summed E-state index contributed by atoms with van der Waals surface area (Å²) in [6, 6.07) is 5.52. The molecule has 6 nitrogen and oxygen atoms in total. The van der Waals surface area contributed by atoms with Gasteiger partial charge < -0.3 is 18.8 Å². The van der Waals surface area contributed by atoms with Gasteiger partial charge in [-0.1, -0.05) is 18.2 Å². The molecule has 1 aromatic carbocycles. The van der Waals surface area contributed by atoms with E-state index in [0.717, 1.165) is 16.6 Å². The number of rotatable bonds is 5. The van der Waals surface area contributed by atoms with Gasteiger partial charge in [0.05, 0.1) is 11.2 Å². The zero-order valence-corrected chi connectivity index (χ0v) is 15.7. The zero-order chi connectivity index (χ0) is 18.8. The van der Waals surface area contributed by atoms with Crippen LogP contribution in [-0.2, 0) is 41.6 Å². The van der Waals surface area contributed by atoms with E-state index >= 15 is 0 Å². The van der Waals surface area contributed by atoms with Gasteiger partial charge in [-0.2, -0.15) is 0 Å². The Bertz CT molecular complexity index is 615. The van der Waals surface area contributed by atoms with Crippen LogP contribution in [0.2, 0.25) is 0 Å². The van der Waals surface area contributed by atoms with Gasteiger partial charge in [-0.05, 0) is 44.3 Å². The number of hydrogen-bond acceptors (Lipinski definition) is 6. The van der Waals surface area contributed by atoms with Crippen LogP contribution >= 0.6 is 0 Å². The van der Waals surface area contributed by atoms with Gasteiger partial charge in [0.2, 0.25) is 0 Å². The normalized spacial score (nSPS) is 18.1. The predicted octanol–water partition coefficient (Wildman–Crippen LogP) is 2.11. The maximum Gasteiger partial charge on any atom is 0.495 e. The average Bonchev–Trinajstić information content (AvgIpc) is 2.70. The smallest absolute Gasteiger partial charge is 0.461 e. The van der Waals surface area contributed by atoms with Gasteiger partial charge in [-0.15, -0.1) is 0 Å². The minimum atomic E-state index is -0.637. The third kappa shape index (κ3) is 4.41. The Morgan fingerprint density at radius 2 is 1.32 bits per heavy atom. The van der Waals surface area contributed by atoms with Crippen molar-refractivity contribution in [1.29, 1.82) is 0 Å². The second kappa shape index (κ2) is 7.18. The minimum Gasteiger partial charge on any atom is -0.461 e. The van der Waals surface area contributed by atoms with E-state index in [9.17, 15) is 9.59 Å². The molecule has 136 valence electrons. The van der Waals surface area contributed by atoms with Crippen molar-refractivity contribution in [3.05, 3.63) is 29.3 Å². The molecule has 0 N–H and O–H groups in total. The van der Waals surface area contributed by atoms with E-state index in [1.807, 2.05) is 45.9 Å². The van der Waals surface area contributed by atoms with Gasteiger partial charge in [0, 0.05) is 13.8 Å². The molecule has 0 unspecified atom stereocenters. The standard InChI is InChI=1S/C18H25BO6/c1-12(20)22-10-14-8-7-9-15(11-23-13(2)21)16(14)19-24-17(3,4)18(5,6)25-19/h7-9H,10-11H2,1-6H3. The molecule has 0 amide bonds.